The van der Waals surface area contributed by atoms with Gasteiger partial charge in [-0.3, -0.25) is 0 Å². The van der Waals surface area contributed by atoms with Gasteiger partial charge in [-0.15, -0.1) is 0 Å². The molecule has 0 aliphatic heterocycles. The molecule has 0 spiro atoms. The van der Waals surface area contributed by atoms with Crippen LogP contribution in [0.3, 0.4) is 0 Å². The van der Waals surface area contributed by atoms with Crippen molar-refractivity contribution in [3.8, 4) is 57.1 Å². The first kappa shape index (κ1) is 113. The van der Waals surface area contributed by atoms with E-state index in [9.17, 15) is 16.8 Å². The Labute approximate surface area is 895 Å². The summed E-state index contributed by atoms with van der Waals surface area (Å²) in [5, 5.41) is 0. The van der Waals surface area contributed by atoms with Gasteiger partial charge in [-0.2, -0.15) is 0 Å². The fourth-order valence-corrected chi connectivity index (χ4v) is 19.0. The molecular formula is C140H144O8S2. The Hall–Kier alpha value is -15.7. The number of benzene rings is 19. The lowest BCUT2D eigenvalue weighted by atomic mass is 9.73. The number of aryl methyl sites for hydroxylation is 16. The summed E-state index contributed by atoms with van der Waals surface area (Å²) >= 11 is 0. The van der Waals surface area contributed by atoms with Crippen molar-refractivity contribution < 1.29 is 35.8 Å². The first-order chi connectivity index (χ1) is 71.6. The normalized spacial score (nSPS) is 11.0. The van der Waals surface area contributed by atoms with Crippen LogP contribution in [0.2, 0.25) is 0 Å². The van der Waals surface area contributed by atoms with Gasteiger partial charge in [0.15, 0.2) is 0 Å². The van der Waals surface area contributed by atoms with Crippen molar-refractivity contribution in [3.05, 3.63) is 595 Å². The fourth-order valence-electron chi connectivity index (χ4n) is 16.2. The van der Waals surface area contributed by atoms with Crippen LogP contribution in [0.1, 0.15) is 175 Å². The predicted octanol–water partition coefficient (Wildman–Crippen LogP) is 37.5. The van der Waals surface area contributed by atoms with Gasteiger partial charge in [-0.25, -0.2) is 16.8 Å². The molecule has 19 aromatic carbocycles. The van der Waals surface area contributed by atoms with Gasteiger partial charge >= 0.3 is 0 Å². The molecule has 0 aliphatic carbocycles. The lowest BCUT2D eigenvalue weighted by molar-refractivity contribution is 0.460. The van der Waals surface area contributed by atoms with Gasteiger partial charge in [0, 0.05) is 22.3 Å². The standard InChI is InChI=1S/C26H30.2C20H18O2.C17H20.C15H16.2C14H14O2S.C14H14/c1-19-10-14-21(15-11-19)25(3,4)23-8-7-9-24(18-23)26(5,6)22-16-12-20(2)13-17-22;1-15-3-7-17(8-4-15)21-19-11-13-20(14-12-19)22-18-9-5-16(2)6-10-18;1-15-6-10-17(11-7-15)21-19-4-3-5-20(14-19)22-18-12-8-16(2)9-13-18;1-13-5-9-15(10-6-13)17(3,4)16-11-7-14(2)8-12-16;1-12-3-7-14(8-4-12)11-15-9-5-13(2)6-10-15;1-11-3-7-13(8-4-11)17(15,16)14-9-5-12(2)6-10-14;1-11-5-3-7-13(9-11)17(15,16)14-8-4-6-12(2)10-14;1-11-3-7-13(8-4-11)14-9-5-12(2)6-10-14/h7-18H,1-6H3;2*3-14H,1-2H3;5-12H,1-4H3;3-10H,11H2,1-2H3;2*3-10H,1-2H3;3-10H,1-2H3. The Morgan fingerprint density at radius 1 is 0.160 bits per heavy atom. The lowest BCUT2D eigenvalue weighted by Crippen LogP contribution is -2.22. The van der Waals surface area contributed by atoms with Crippen molar-refractivity contribution in [2.24, 2.45) is 0 Å². The van der Waals surface area contributed by atoms with Gasteiger partial charge in [-0.1, -0.05) is 441 Å². The van der Waals surface area contributed by atoms with E-state index in [4.69, 9.17) is 18.9 Å². The third-order valence-corrected chi connectivity index (χ3v) is 29.9. The van der Waals surface area contributed by atoms with Crippen molar-refractivity contribution in [3.63, 3.8) is 0 Å². The Morgan fingerprint density at radius 2 is 0.347 bits per heavy atom. The van der Waals surface area contributed by atoms with Crippen LogP contribution < -0.4 is 18.9 Å². The van der Waals surface area contributed by atoms with Crippen LogP contribution in [-0.4, -0.2) is 16.8 Å². The minimum Gasteiger partial charge on any atom is -0.457 e. The van der Waals surface area contributed by atoms with Gasteiger partial charge in [-0.05, 0) is 317 Å². The Balaban J connectivity index is 0.000000153. The number of sulfone groups is 2. The van der Waals surface area contributed by atoms with E-state index in [2.05, 4.69) is 343 Å². The van der Waals surface area contributed by atoms with Crippen LogP contribution in [0.5, 0.6) is 46.0 Å². The molecule has 764 valence electrons. The third-order valence-electron chi connectivity index (χ3n) is 26.4. The summed E-state index contributed by atoms with van der Waals surface area (Å²) in [6.45, 7) is 46.7. The molecule has 0 aliphatic rings. The first-order valence-corrected chi connectivity index (χ1v) is 54.1. The zero-order valence-electron chi connectivity index (χ0n) is 91.2. The predicted molar refractivity (Wildman–Crippen MR) is 628 cm³/mol. The molecule has 0 fully saturated rings. The third kappa shape index (κ3) is 34.2. The second-order valence-electron chi connectivity index (χ2n) is 40.7. The van der Waals surface area contributed by atoms with Gasteiger partial charge in [0.1, 0.15) is 46.0 Å². The Kier molecular flexibility index (Phi) is 40.1. The molecule has 150 heavy (non-hydrogen) atoms. The SMILES string of the molecule is Cc1ccc(-c2ccc(C)cc2)cc1.Cc1ccc(C(C)(C)c2ccc(C)cc2)cc1.Cc1ccc(C(C)(C)c2cccc(C(C)(C)c3ccc(C)cc3)c2)cc1.Cc1ccc(Cc2ccc(C)cc2)cc1.Cc1ccc(Oc2ccc(Oc3ccc(C)cc3)cc2)cc1.Cc1ccc(Oc2cccc(Oc3ccc(C)cc3)c2)cc1.Cc1ccc(S(=O)(=O)c2ccc(C)cc2)cc1.Cc1cccc(S(=O)(=O)c2cccc(C)c2)c1. The molecule has 0 atom stereocenters. The van der Waals surface area contributed by atoms with E-state index in [0.717, 1.165) is 74.7 Å². The molecule has 0 bridgehead atoms. The minimum absolute atomic E-state index is 0.0208. The van der Waals surface area contributed by atoms with Crippen LogP contribution in [0.4, 0.5) is 0 Å². The molecule has 0 unspecified atom stereocenters. The molecule has 0 heterocycles. The second kappa shape index (κ2) is 53.2. The highest BCUT2D eigenvalue weighted by molar-refractivity contribution is 7.91. The van der Waals surface area contributed by atoms with Crippen molar-refractivity contribution in [2.75, 3.05) is 0 Å². The van der Waals surface area contributed by atoms with E-state index in [0.29, 0.717) is 19.6 Å². The second-order valence-corrected chi connectivity index (χ2v) is 44.6. The summed E-state index contributed by atoms with van der Waals surface area (Å²) in [7, 11) is -6.76. The smallest absolute Gasteiger partial charge is 0.206 e. The molecule has 19 aromatic rings. The summed E-state index contributed by atoms with van der Waals surface area (Å²) < 4.78 is 72.5. The molecule has 0 radical (unpaired) electrons. The zero-order chi connectivity index (χ0) is 108. The van der Waals surface area contributed by atoms with Gasteiger partial charge in [0.05, 0.1) is 19.6 Å². The average Bonchev–Trinajstić information content (AvgIpc) is 0.773. The van der Waals surface area contributed by atoms with E-state index in [1.807, 2.05) is 185 Å². The topological polar surface area (TPSA) is 105 Å². The summed E-state index contributed by atoms with van der Waals surface area (Å²) in [4.78, 5) is 1.38. The summed E-state index contributed by atoms with van der Waals surface area (Å²) in [6, 6.07) is 154. The summed E-state index contributed by atoms with van der Waals surface area (Å²) in [5.74, 6) is 6.40. The Morgan fingerprint density at radius 3 is 0.593 bits per heavy atom. The molecule has 10 heteroatoms. The van der Waals surface area contributed by atoms with Crippen LogP contribution in [-0.2, 0) is 42.3 Å². The molecule has 8 nitrogen and oxygen atoms in total. The summed E-state index contributed by atoms with van der Waals surface area (Å²) in [5.41, 5.74) is 32.9. The van der Waals surface area contributed by atoms with Crippen LogP contribution >= 0.6 is 0 Å². The highest BCUT2D eigenvalue weighted by Crippen LogP contribution is 2.40. The van der Waals surface area contributed by atoms with Gasteiger partial charge in [0.2, 0.25) is 19.7 Å². The molecule has 0 saturated heterocycles. The average molecular weight is 2020 g/mol. The van der Waals surface area contributed by atoms with Crippen molar-refractivity contribution in [1.82, 2.24) is 0 Å². The monoisotopic (exact) mass is 2020 g/mol. The van der Waals surface area contributed by atoms with E-state index in [1.54, 1.807) is 84.9 Å². The van der Waals surface area contributed by atoms with Crippen molar-refractivity contribution in [2.45, 2.75) is 195 Å². The number of ether oxygens (including phenoxy) is 4. The zero-order valence-corrected chi connectivity index (χ0v) is 92.8. The van der Waals surface area contributed by atoms with Crippen LogP contribution in [0.25, 0.3) is 11.1 Å². The highest BCUT2D eigenvalue weighted by atomic mass is 32.2. The molecule has 0 amide bonds. The molecule has 0 aromatic heterocycles. The van der Waals surface area contributed by atoms with E-state index >= 15 is 0 Å². The summed E-state index contributed by atoms with van der Waals surface area (Å²) in [6.07, 6.45) is 1.03. The molecule has 0 N–H and O–H groups in total. The number of hydrogen-bond acceptors (Lipinski definition) is 8. The quantitative estimate of drug-likeness (QED) is 0.0701. The van der Waals surface area contributed by atoms with Crippen LogP contribution in [0, 0.1) is 111 Å². The van der Waals surface area contributed by atoms with Gasteiger partial charge in [0.25, 0.3) is 0 Å². The van der Waals surface area contributed by atoms with E-state index in [-0.39, 0.29) is 16.2 Å². The van der Waals surface area contributed by atoms with E-state index in [1.165, 1.54) is 122 Å². The first-order valence-electron chi connectivity index (χ1n) is 51.2. The van der Waals surface area contributed by atoms with Crippen LogP contribution in [0.15, 0.2) is 481 Å². The van der Waals surface area contributed by atoms with E-state index < -0.39 is 19.7 Å². The largest absolute Gasteiger partial charge is 0.457 e. The molecule has 0 saturated carbocycles. The maximum absolute atomic E-state index is 12.3. The van der Waals surface area contributed by atoms with Gasteiger partial charge < -0.3 is 18.9 Å². The fraction of sp³-hybridized carbons (Fsp3) is 0.186. The minimum atomic E-state index is -3.38. The Bertz CT molecular complexity index is 7260. The lowest BCUT2D eigenvalue weighted by Gasteiger charge is -2.31. The molecule has 19 rings (SSSR count). The van der Waals surface area contributed by atoms with Crippen molar-refractivity contribution in [1.29, 1.82) is 0 Å². The number of rotatable bonds is 21. The maximum atomic E-state index is 12.3. The number of hydrogen-bond donors (Lipinski definition) is 0. The maximum Gasteiger partial charge on any atom is 0.206 e. The molecular weight excluding hydrogens is 1870 g/mol. The van der Waals surface area contributed by atoms with Crippen molar-refractivity contribution >= 4 is 19.7 Å². The highest BCUT2D eigenvalue weighted by Gasteiger charge is 2.29.